The van der Waals surface area contributed by atoms with E-state index in [1.54, 1.807) is 29.0 Å². The molecule has 1 N–H and O–H groups in total. The van der Waals surface area contributed by atoms with Crippen LogP contribution < -0.4 is 5.32 Å². The minimum atomic E-state index is -3.66. The number of nitrogens with one attached hydrogen (secondary N) is 1. The number of halogens is 1. The van der Waals surface area contributed by atoms with Gasteiger partial charge in [-0.1, -0.05) is 12.1 Å². The lowest BCUT2D eigenvalue weighted by Crippen LogP contribution is -2.38. The van der Waals surface area contributed by atoms with E-state index in [1.807, 2.05) is 30.5 Å². The number of nitriles is 1. The first-order valence-corrected chi connectivity index (χ1v) is 13.4. The van der Waals surface area contributed by atoms with Crippen LogP contribution in [0.4, 0.5) is 5.82 Å². The quantitative estimate of drug-likeness (QED) is 0.385. The third-order valence-corrected chi connectivity index (χ3v) is 8.57. The van der Waals surface area contributed by atoms with E-state index < -0.39 is 10.0 Å². The maximum Gasteiger partial charge on any atom is 0.243 e. The van der Waals surface area contributed by atoms with Crippen molar-refractivity contribution in [3.8, 4) is 6.07 Å². The van der Waals surface area contributed by atoms with Gasteiger partial charge in [-0.25, -0.2) is 13.4 Å². The molecule has 0 aliphatic carbocycles. The zero-order chi connectivity index (χ0) is 24.4. The lowest BCUT2D eigenvalue weighted by molar-refractivity contribution is 0.317. The highest BCUT2D eigenvalue weighted by Crippen LogP contribution is 2.32. The standard InChI is InChI=1S/C24H22BrN7O2S/c25-21-16-29-32-23(28-15-18-4-2-8-27-14-18)12-22(30-24(21)32)19-6-9-31(10-7-19)35(33,34)20-5-1-3-17(11-20)13-26/h1-5,8,11-12,14,16,19,28H,6-7,9-10,15H2. The summed E-state index contributed by atoms with van der Waals surface area (Å²) in [4.78, 5) is 9.15. The number of hydrogen-bond acceptors (Lipinski definition) is 7. The van der Waals surface area contributed by atoms with Crippen LogP contribution in [0.25, 0.3) is 5.65 Å². The van der Waals surface area contributed by atoms with Crippen molar-refractivity contribution in [2.75, 3.05) is 18.4 Å². The second-order valence-electron chi connectivity index (χ2n) is 8.33. The number of nitrogens with zero attached hydrogens (tertiary/aromatic N) is 6. The number of anilines is 1. The average molecular weight is 552 g/mol. The van der Waals surface area contributed by atoms with Crippen LogP contribution in [-0.2, 0) is 16.6 Å². The van der Waals surface area contributed by atoms with Crippen molar-refractivity contribution >= 4 is 37.4 Å². The van der Waals surface area contributed by atoms with E-state index in [0.717, 1.165) is 21.5 Å². The molecule has 0 saturated carbocycles. The molecule has 1 fully saturated rings. The Bertz CT molecular complexity index is 1510. The van der Waals surface area contributed by atoms with Gasteiger partial charge >= 0.3 is 0 Å². The third kappa shape index (κ3) is 4.77. The Balaban J connectivity index is 1.36. The van der Waals surface area contributed by atoms with Crippen LogP contribution in [0.15, 0.2) is 70.4 Å². The smallest absolute Gasteiger partial charge is 0.243 e. The number of benzene rings is 1. The van der Waals surface area contributed by atoms with E-state index in [2.05, 4.69) is 31.3 Å². The van der Waals surface area contributed by atoms with Crippen molar-refractivity contribution in [3.05, 3.63) is 82.3 Å². The molecular formula is C24H22BrN7O2S. The van der Waals surface area contributed by atoms with Crippen molar-refractivity contribution in [2.24, 2.45) is 0 Å². The molecule has 35 heavy (non-hydrogen) atoms. The molecule has 1 aromatic carbocycles. The SMILES string of the molecule is N#Cc1cccc(S(=O)(=O)N2CCC(c3cc(NCc4cccnc4)n4ncc(Br)c4n3)CC2)c1. The lowest BCUT2D eigenvalue weighted by atomic mass is 9.94. The highest BCUT2D eigenvalue weighted by atomic mass is 79.9. The summed E-state index contributed by atoms with van der Waals surface area (Å²) in [5, 5.41) is 17.0. The van der Waals surface area contributed by atoms with Gasteiger partial charge in [0.15, 0.2) is 5.65 Å². The van der Waals surface area contributed by atoms with Gasteiger partial charge in [-0.3, -0.25) is 4.98 Å². The van der Waals surface area contributed by atoms with Crippen LogP contribution in [0.1, 0.15) is 35.6 Å². The zero-order valence-corrected chi connectivity index (χ0v) is 21.1. The summed E-state index contributed by atoms with van der Waals surface area (Å²) in [7, 11) is -3.66. The number of piperidine rings is 1. The van der Waals surface area contributed by atoms with Crippen LogP contribution >= 0.6 is 15.9 Å². The second-order valence-corrected chi connectivity index (χ2v) is 11.1. The zero-order valence-electron chi connectivity index (χ0n) is 18.7. The Morgan fingerprint density at radius 3 is 2.71 bits per heavy atom. The molecule has 1 aliphatic heterocycles. The number of hydrogen-bond donors (Lipinski definition) is 1. The van der Waals surface area contributed by atoms with Gasteiger partial charge in [0.1, 0.15) is 5.82 Å². The minimum Gasteiger partial charge on any atom is -0.366 e. The molecule has 0 atom stereocenters. The molecule has 0 unspecified atom stereocenters. The molecule has 5 rings (SSSR count). The number of fused-ring (bicyclic) bond motifs is 1. The van der Waals surface area contributed by atoms with Gasteiger partial charge in [0, 0.05) is 49.7 Å². The average Bonchev–Trinajstić information content (AvgIpc) is 3.28. The van der Waals surface area contributed by atoms with Gasteiger partial charge in [0.05, 0.1) is 27.2 Å². The van der Waals surface area contributed by atoms with E-state index in [1.165, 1.54) is 16.4 Å². The first kappa shape index (κ1) is 23.4. The van der Waals surface area contributed by atoms with Gasteiger partial charge in [-0.2, -0.15) is 19.2 Å². The Hall–Kier alpha value is -3.33. The molecule has 9 nitrogen and oxygen atoms in total. The summed E-state index contributed by atoms with van der Waals surface area (Å²) < 4.78 is 30.3. The van der Waals surface area contributed by atoms with Gasteiger partial charge in [0.25, 0.3) is 0 Å². The Morgan fingerprint density at radius 2 is 1.97 bits per heavy atom. The maximum atomic E-state index is 13.1. The summed E-state index contributed by atoms with van der Waals surface area (Å²) in [6, 6.07) is 14.1. The molecule has 3 aromatic heterocycles. The molecule has 0 bridgehead atoms. The molecule has 1 saturated heterocycles. The van der Waals surface area contributed by atoms with Crippen LogP contribution in [0.2, 0.25) is 0 Å². The lowest BCUT2D eigenvalue weighted by Gasteiger charge is -2.31. The van der Waals surface area contributed by atoms with Gasteiger partial charge in [-0.15, -0.1) is 0 Å². The van der Waals surface area contributed by atoms with Crippen molar-refractivity contribution in [1.29, 1.82) is 5.26 Å². The third-order valence-electron chi connectivity index (χ3n) is 6.12. The molecule has 4 aromatic rings. The van der Waals surface area contributed by atoms with E-state index >= 15 is 0 Å². The molecular weight excluding hydrogens is 530 g/mol. The van der Waals surface area contributed by atoms with Crippen LogP contribution in [0, 0.1) is 11.3 Å². The predicted octanol–water partition coefficient (Wildman–Crippen LogP) is 3.94. The van der Waals surface area contributed by atoms with Crippen molar-refractivity contribution in [1.82, 2.24) is 23.9 Å². The molecule has 4 heterocycles. The summed E-state index contributed by atoms with van der Waals surface area (Å²) in [6.07, 6.45) is 6.56. The van der Waals surface area contributed by atoms with Crippen LogP contribution in [-0.4, -0.2) is 45.4 Å². The number of pyridine rings is 1. The molecule has 11 heteroatoms. The fraction of sp³-hybridized carbons (Fsp3) is 0.250. The molecule has 178 valence electrons. The van der Waals surface area contributed by atoms with Crippen molar-refractivity contribution in [3.63, 3.8) is 0 Å². The van der Waals surface area contributed by atoms with Gasteiger partial charge in [-0.05, 0) is 58.6 Å². The first-order valence-electron chi connectivity index (χ1n) is 11.1. The van der Waals surface area contributed by atoms with Gasteiger partial charge in [0.2, 0.25) is 10.0 Å². The highest BCUT2D eigenvalue weighted by molar-refractivity contribution is 9.10. The van der Waals surface area contributed by atoms with E-state index in [4.69, 9.17) is 10.2 Å². The summed E-state index contributed by atoms with van der Waals surface area (Å²) in [5.74, 6) is 0.917. The summed E-state index contributed by atoms with van der Waals surface area (Å²) in [5.41, 5.74) is 2.98. The van der Waals surface area contributed by atoms with E-state index in [-0.39, 0.29) is 10.8 Å². The molecule has 0 radical (unpaired) electrons. The fourth-order valence-electron chi connectivity index (χ4n) is 4.25. The van der Waals surface area contributed by atoms with Crippen LogP contribution in [0.5, 0.6) is 0 Å². The Labute approximate surface area is 211 Å². The van der Waals surface area contributed by atoms with Crippen molar-refractivity contribution in [2.45, 2.75) is 30.2 Å². The topological polar surface area (TPSA) is 116 Å². The normalized spacial score (nSPS) is 15.2. The van der Waals surface area contributed by atoms with E-state index in [9.17, 15) is 8.42 Å². The largest absolute Gasteiger partial charge is 0.366 e. The Morgan fingerprint density at radius 1 is 1.14 bits per heavy atom. The van der Waals surface area contributed by atoms with Crippen molar-refractivity contribution < 1.29 is 8.42 Å². The summed E-state index contributed by atoms with van der Waals surface area (Å²) >= 11 is 3.53. The number of rotatable bonds is 6. The monoisotopic (exact) mass is 551 g/mol. The molecule has 0 spiro atoms. The summed E-state index contributed by atoms with van der Waals surface area (Å²) in [6.45, 7) is 1.35. The van der Waals surface area contributed by atoms with Crippen LogP contribution in [0.3, 0.4) is 0 Å². The second kappa shape index (κ2) is 9.73. The fourth-order valence-corrected chi connectivity index (χ4v) is 6.12. The van der Waals surface area contributed by atoms with E-state index in [0.29, 0.717) is 43.7 Å². The minimum absolute atomic E-state index is 0.109. The Kier molecular flexibility index (Phi) is 6.51. The maximum absolute atomic E-state index is 13.1. The molecule has 0 amide bonds. The highest BCUT2D eigenvalue weighted by Gasteiger charge is 2.31. The molecule has 1 aliphatic rings. The predicted molar refractivity (Wildman–Crippen MR) is 134 cm³/mol. The number of aromatic nitrogens is 4. The number of sulfonamides is 1. The van der Waals surface area contributed by atoms with Gasteiger partial charge < -0.3 is 5.32 Å². The first-order chi connectivity index (χ1) is 17.0.